The molecule has 0 radical (unpaired) electrons. The van der Waals surface area contributed by atoms with Gasteiger partial charge in [-0.1, -0.05) is 19.9 Å². The van der Waals surface area contributed by atoms with Gasteiger partial charge in [0.2, 0.25) is 11.8 Å². The number of aromatic nitrogens is 1. The van der Waals surface area contributed by atoms with E-state index >= 15 is 0 Å². The Morgan fingerprint density at radius 2 is 2.12 bits per heavy atom. The summed E-state index contributed by atoms with van der Waals surface area (Å²) in [5.74, 6) is 0.0820. The number of likely N-dealkylation sites (tertiary alicyclic amines) is 1. The van der Waals surface area contributed by atoms with Crippen LogP contribution in [-0.2, 0) is 20.9 Å². The monoisotopic (exact) mass is 347 g/mol. The quantitative estimate of drug-likeness (QED) is 0.827. The zero-order valence-corrected chi connectivity index (χ0v) is 14.7. The van der Waals surface area contributed by atoms with Gasteiger partial charge in [-0.2, -0.15) is 0 Å². The minimum Gasteiger partial charge on any atom is -0.370 e. The number of morpholine rings is 1. The van der Waals surface area contributed by atoms with Gasteiger partial charge in [-0.3, -0.25) is 14.4 Å². The van der Waals surface area contributed by atoms with E-state index in [1.807, 2.05) is 0 Å². The fourth-order valence-corrected chi connectivity index (χ4v) is 3.41. The second-order valence-electron chi connectivity index (χ2n) is 7.24. The molecule has 3 atom stereocenters. The third kappa shape index (κ3) is 4.10. The second kappa shape index (κ2) is 7.39. The molecule has 2 bridgehead atoms. The average molecular weight is 347 g/mol. The van der Waals surface area contributed by atoms with Crippen molar-refractivity contribution in [2.24, 2.45) is 11.8 Å². The first-order valence-corrected chi connectivity index (χ1v) is 8.80. The highest BCUT2D eigenvalue weighted by Gasteiger charge is 2.45. The van der Waals surface area contributed by atoms with Gasteiger partial charge in [-0.05, 0) is 18.4 Å². The number of carbonyl (C=O) groups is 2. The Kier molecular flexibility index (Phi) is 5.22. The molecule has 0 aliphatic carbocycles. The lowest BCUT2D eigenvalue weighted by atomic mass is 9.99. The van der Waals surface area contributed by atoms with E-state index in [0.717, 1.165) is 0 Å². The predicted octanol–water partition coefficient (Wildman–Crippen LogP) is 0.236. The van der Waals surface area contributed by atoms with E-state index < -0.39 is 0 Å². The molecule has 1 N–H and O–H groups in total. The van der Waals surface area contributed by atoms with Crippen molar-refractivity contribution in [2.75, 3.05) is 19.6 Å². The average Bonchev–Trinajstić information content (AvgIpc) is 2.88. The highest BCUT2D eigenvalue weighted by molar-refractivity contribution is 5.80. The number of hydrogen-bond acceptors (Lipinski definition) is 4. The molecule has 0 spiro atoms. The maximum absolute atomic E-state index is 12.5. The molecule has 1 aromatic heterocycles. The molecule has 2 aliphatic heterocycles. The van der Waals surface area contributed by atoms with Gasteiger partial charge >= 0.3 is 0 Å². The van der Waals surface area contributed by atoms with Crippen molar-refractivity contribution >= 4 is 11.8 Å². The molecule has 7 heteroatoms. The Bertz CT molecular complexity index is 700. The van der Waals surface area contributed by atoms with E-state index in [-0.39, 0.29) is 42.0 Å². The summed E-state index contributed by atoms with van der Waals surface area (Å²) in [6, 6.07) is 4.82. The van der Waals surface area contributed by atoms with Crippen LogP contribution in [0.5, 0.6) is 0 Å². The zero-order valence-electron chi connectivity index (χ0n) is 14.7. The predicted molar refractivity (Wildman–Crippen MR) is 91.9 cm³/mol. The van der Waals surface area contributed by atoms with E-state index in [1.165, 1.54) is 10.6 Å². The summed E-state index contributed by atoms with van der Waals surface area (Å²) in [4.78, 5) is 38.4. The van der Waals surface area contributed by atoms with Gasteiger partial charge < -0.3 is 19.5 Å². The first-order valence-electron chi connectivity index (χ1n) is 8.80. The van der Waals surface area contributed by atoms with Crippen LogP contribution >= 0.6 is 0 Å². The molecule has 25 heavy (non-hydrogen) atoms. The van der Waals surface area contributed by atoms with Gasteiger partial charge in [0.1, 0.15) is 6.54 Å². The van der Waals surface area contributed by atoms with Crippen LogP contribution in [0.15, 0.2) is 29.2 Å². The highest BCUT2D eigenvalue weighted by atomic mass is 16.5. The molecule has 3 unspecified atom stereocenters. The van der Waals surface area contributed by atoms with Crippen LogP contribution in [0, 0.1) is 11.8 Å². The molecule has 2 fully saturated rings. The van der Waals surface area contributed by atoms with Crippen LogP contribution in [0.25, 0.3) is 0 Å². The lowest BCUT2D eigenvalue weighted by Gasteiger charge is -2.33. The summed E-state index contributed by atoms with van der Waals surface area (Å²) in [5.41, 5.74) is -0.196. The third-order valence-electron chi connectivity index (χ3n) is 4.74. The Labute approximate surface area is 147 Å². The normalized spacial score (nSPS) is 25.2. The summed E-state index contributed by atoms with van der Waals surface area (Å²) in [6.07, 6.45) is 1.88. The summed E-state index contributed by atoms with van der Waals surface area (Å²) in [6.45, 7) is 5.64. The van der Waals surface area contributed by atoms with Crippen LogP contribution < -0.4 is 10.9 Å². The Balaban J connectivity index is 1.60. The first-order chi connectivity index (χ1) is 11.9. The molecule has 3 heterocycles. The Morgan fingerprint density at radius 1 is 1.32 bits per heavy atom. The minimum absolute atomic E-state index is 0.00905. The zero-order chi connectivity index (χ0) is 18.0. The maximum atomic E-state index is 12.5. The molecule has 3 rings (SSSR count). The Hall–Kier alpha value is -2.15. The number of ether oxygens (including phenoxy) is 1. The largest absolute Gasteiger partial charge is 0.370 e. The standard InChI is InChI=1S/C18H25N3O4/c1-12(2)8-19-18(24)14-7-13-9-21(10-15(14)25-13)17(23)11-20-6-4-3-5-16(20)22/h3-6,12-15H,7-11H2,1-2H3,(H,19,24). The summed E-state index contributed by atoms with van der Waals surface area (Å²) >= 11 is 0. The number of nitrogens with one attached hydrogen (secondary N) is 1. The number of hydrogen-bond donors (Lipinski definition) is 1. The van der Waals surface area contributed by atoms with E-state index in [1.54, 1.807) is 23.2 Å². The SMILES string of the molecule is CC(C)CNC(=O)C1CC2CN(C(=O)Cn3ccccc3=O)CC1O2. The van der Waals surface area contributed by atoms with Gasteiger partial charge in [0.05, 0.1) is 18.1 Å². The molecule has 2 saturated heterocycles. The second-order valence-corrected chi connectivity index (χ2v) is 7.24. The smallest absolute Gasteiger partial charge is 0.250 e. The molecule has 2 aliphatic rings. The molecule has 1 aromatic rings. The van der Waals surface area contributed by atoms with E-state index in [2.05, 4.69) is 19.2 Å². The molecule has 0 aromatic carbocycles. The van der Waals surface area contributed by atoms with Crippen molar-refractivity contribution in [2.45, 2.75) is 39.0 Å². The lowest BCUT2D eigenvalue weighted by Crippen LogP contribution is -2.49. The van der Waals surface area contributed by atoms with Crippen LogP contribution in [0.1, 0.15) is 20.3 Å². The van der Waals surface area contributed by atoms with Crippen LogP contribution in [0.3, 0.4) is 0 Å². The summed E-state index contributed by atoms with van der Waals surface area (Å²) in [5, 5.41) is 2.96. The van der Waals surface area contributed by atoms with Crippen LogP contribution in [0.4, 0.5) is 0 Å². The van der Waals surface area contributed by atoms with Gasteiger partial charge in [0.15, 0.2) is 0 Å². The van der Waals surface area contributed by atoms with Crippen molar-refractivity contribution in [1.82, 2.24) is 14.8 Å². The van der Waals surface area contributed by atoms with E-state index in [4.69, 9.17) is 4.74 Å². The number of carbonyl (C=O) groups excluding carboxylic acids is 2. The van der Waals surface area contributed by atoms with Crippen molar-refractivity contribution < 1.29 is 14.3 Å². The lowest BCUT2D eigenvalue weighted by molar-refractivity contribution is -0.143. The van der Waals surface area contributed by atoms with E-state index in [0.29, 0.717) is 32.0 Å². The summed E-state index contributed by atoms with van der Waals surface area (Å²) in [7, 11) is 0. The molecular weight excluding hydrogens is 322 g/mol. The van der Waals surface area contributed by atoms with Gasteiger partial charge in [0, 0.05) is 31.9 Å². The molecule has 2 amide bonds. The van der Waals surface area contributed by atoms with Gasteiger partial charge in [-0.15, -0.1) is 0 Å². The number of pyridine rings is 1. The van der Waals surface area contributed by atoms with Crippen molar-refractivity contribution in [3.63, 3.8) is 0 Å². The van der Waals surface area contributed by atoms with Gasteiger partial charge in [-0.25, -0.2) is 0 Å². The third-order valence-corrected chi connectivity index (χ3v) is 4.74. The fraction of sp³-hybridized carbons (Fsp3) is 0.611. The molecular formula is C18H25N3O4. The van der Waals surface area contributed by atoms with Crippen molar-refractivity contribution in [1.29, 1.82) is 0 Å². The number of amides is 2. The number of rotatable bonds is 5. The molecule has 136 valence electrons. The number of nitrogens with zero attached hydrogens (tertiary/aromatic N) is 2. The maximum Gasteiger partial charge on any atom is 0.250 e. The van der Waals surface area contributed by atoms with Gasteiger partial charge in [0.25, 0.3) is 5.56 Å². The fourth-order valence-electron chi connectivity index (χ4n) is 3.41. The van der Waals surface area contributed by atoms with Crippen LogP contribution in [0.2, 0.25) is 0 Å². The minimum atomic E-state index is -0.262. The van der Waals surface area contributed by atoms with Crippen molar-refractivity contribution in [3.8, 4) is 0 Å². The van der Waals surface area contributed by atoms with Crippen LogP contribution in [-0.4, -0.2) is 53.1 Å². The first kappa shape index (κ1) is 17.7. The van der Waals surface area contributed by atoms with E-state index in [9.17, 15) is 14.4 Å². The topological polar surface area (TPSA) is 80.6 Å². The number of fused-ring (bicyclic) bond motifs is 2. The van der Waals surface area contributed by atoms with Crippen molar-refractivity contribution in [3.05, 3.63) is 34.7 Å². The molecule has 0 saturated carbocycles. The molecule has 7 nitrogen and oxygen atoms in total. The highest BCUT2D eigenvalue weighted by Crippen LogP contribution is 2.32. The summed E-state index contributed by atoms with van der Waals surface area (Å²) < 4.78 is 7.26. The Morgan fingerprint density at radius 3 is 2.84 bits per heavy atom.